The van der Waals surface area contributed by atoms with Crippen molar-refractivity contribution in [1.82, 2.24) is 24.3 Å². The van der Waals surface area contributed by atoms with Crippen molar-refractivity contribution in [3.8, 4) is 6.01 Å². The minimum absolute atomic E-state index is 0.0874. The number of morpholine rings is 1. The summed E-state index contributed by atoms with van der Waals surface area (Å²) in [5.74, 6) is 0.0874. The Balaban J connectivity index is 1.66. The molecule has 0 unspecified atom stereocenters. The number of amides is 1. The summed E-state index contributed by atoms with van der Waals surface area (Å²) in [5.41, 5.74) is 1.83. The summed E-state index contributed by atoms with van der Waals surface area (Å²) in [6, 6.07) is 9.50. The topological polar surface area (TPSA) is 72.7 Å². The van der Waals surface area contributed by atoms with Crippen molar-refractivity contribution in [2.24, 2.45) is 0 Å². The molecule has 0 saturated carbocycles. The zero-order chi connectivity index (χ0) is 25.7. The monoisotopic (exact) mass is 549 g/mol. The Morgan fingerprint density at radius 3 is 2.47 bits per heavy atom. The number of aromatic nitrogens is 3. The molecule has 192 valence electrons. The van der Waals surface area contributed by atoms with Gasteiger partial charge in [0.25, 0.3) is 0 Å². The van der Waals surface area contributed by atoms with Crippen LogP contribution in [0.25, 0.3) is 0 Å². The SMILES string of the molecule is CC(C)c1nc(OC(=O)N(C)CN2CCOCC2)n(Cc2ccncc2)c1Sc1cc(Cl)cc(Cl)c1. The molecule has 36 heavy (non-hydrogen) atoms. The first-order chi connectivity index (χ1) is 17.3. The molecule has 8 nitrogen and oxygen atoms in total. The largest absolute Gasteiger partial charge is 0.418 e. The predicted octanol–water partition coefficient (Wildman–Crippen LogP) is 5.63. The molecule has 0 spiro atoms. The van der Waals surface area contributed by atoms with Crippen molar-refractivity contribution < 1.29 is 14.3 Å². The Morgan fingerprint density at radius 1 is 1.17 bits per heavy atom. The van der Waals surface area contributed by atoms with Gasteiger partial charge in [0.15, 0.2) is 0 Å². The van der Waals surface area contributed by atoms with E-state index < -0.39 is 6.09 Å². The molecule has 0 N–H and O–H groups in total. The molecule has 1 fully saturated rings. The van der Waals surface area contributed by atoms with Gasteiger partial charge >= 0.3 is 12.1 Å². The molecule has 1 amide bonds. The van der Waals surface area contributed by atoms with Crippen LogP contribution in [0.1, 0.15) is 31.0 Å². The smallest absolute Gasteiger partial charge is 0.379 e. The van der Waals surface area contributed by atoms with Gasteiger partial charge in [-0.15, -0.1) is 0 Å². The summed E-state index contributed by atoms with van der Waals surface area (Å²) in [5, 5.41) is 1.96. The van der Waals surface area contributed by atoms with Crippen molar-refractivity contribution in [2.45, 2.75) is 36.2 Å². The van der Waals surface area contributed by atoms with E-state index in [0.717, 1.165) is 34.3 Å². The van der Waals surface area contributed by atoms with Gasteiger partial charge in [-0.2, -0.15) is 4.98 Å². The summed E-state index contributed by atoms with van der Waals surface area (Å²) in [6.45, 7) is 7.88. The molecule has 1 aliphatic heterocycles. The van der Waals surface area contributed by atoms with E-state index in [9.17, 15) is 4.79 Å². The quantitative estimate of drug-likeness (QED) is 0.360. The fraction of sp³-hybridized carbons (Fsp3) is 0.400. The van der Waals surface area contributed by atoms with Crippen molar-refractivity contribution in [2.75, 3.05) is 40.0 Å². The van der Waals surface area contributed by atoms with Gasteiger partial charge in [0.1, 0.15) is 5.03 Å². The number of ether oxygens (including phenoxy) is 2. The van der Waals surface area contributed by atoms with Crippen LogP contribution in [0.3, 0.4) is 0 Å². The number of carbonyl (C=O) groups excluding carboxylic acids is 1. The number of rotatable bonds is 8. The van der Waals surface area contributed by atoms with Gasteiger partial charge in [-0.25, -0.2) is 4.79 Å². The van der Waals surface area contributed by atoms with Gasteiger partial charge < -0.3 is 9.47 Å². The Bertz CT molecular complexity index is 1170. The van der Waals surface area contributed by atoms with Crippen molar-refractivity contribution in [3.05, 3.63) is 64.0 Å². The Kier molecular flexibility index (Phi) is 9.14. The lowest BCUT2D eigenvalue weighted by Gasteiger charge is -2.30. The van der Waals surface area contributed by atoms with Crippen LogP contribution < -0.4 is 4.74 Å². The highest BCUT2D eigenvalue weighted by atomic mass is 35.5. The highest BCUT2D eigenvalue weighted by molar-refractivity contribution is 7.99. The third kappa shape index (κ3) is 6.92. The van der Waals surface area contributed by atoms with Crippen LogP contribution in [0.5, 0.6) is 6.01 Å². The van der Waals surface area contributed by atoms with Gasteiger partial charge in [-0.05, 0) is 41.8 Å². The number of carbonyl (C=O) groups is 1. The van der Waals surface area contributed by atoms with Gasteiger partial charge in [0.2, 0.25) is 0 Å². The highest BCUT2D eigenvalue weighted by Crippen LogP contribution is 2.39. The molecular weight excluding hydrogens is 521 g/mol. The molecule has 0 aliphatic carbocycles. The van der Waals surface area contributed by atoms with Gasteiger partial charge in [0, 0.05) is 47.5 Å². The summed E-state index contributed by atoms with van der Waals surface area (Å²) in [7, 11) is 1.72. The number of nitrogens with zero attached hydrogens (tertiary/aromatic N) is 5. The lowest BCUT2D eigenvalue weighted by atomic mass is 10.1. The molecule has 11 heteroatoms. The molecule has 2 aromatic heterocycles. The Hall–Kier alpha value is -2.30. The van der Waals surface area contributed by atoms with E-state index >= 15 is 0 Å². The molecule has 3 aromatic rings. The van der Waals surface area contributed by atoms with E-state index in [2.05, 4.69) is 23.7 Å². The average Bonchev–Trinajstić information content (AvgIpc) is 3.16. The second-order valence-corrected chi connectivity index (χ2v) is 10.8. The zero-order valence-electron chi connectivity index (χ0n) is 20.5. The zero-order valence-corrected chi connectivity index (χ0v) is 22.8. The van der Waals surface area contributed by atoms with Gasteiger partial charge in [-0.1, -0.05) is 48.8 Å². The molecular formula is C25H29Cl2N5O3S. The van der Waals surface area contributed by atoms with E-state index in [0.29, 0.717) is 36.5 Å². The van der Waals surface area contributed by atoms with E-state index in [1.165, 1.54) is 11.8 Å². The third-order valence-electron chi connectivity index (χ3n) is 5.60. The average molecular weight is 551 g/mol. The molecule has 4 rings (SSSR count). The maximum atomic E-state index is 13.1. The minimum atomic E-state index is -0.472. The first-order valence-electron chi connectivity index (χ1n) is 11.7. The van der Waals surface area contributed by atoms with E-state index in [1.54, 1.807) is 30.4 Å². The van der Waals surface area contributed by atoms with Crippen LogP contribution in [0.2, 0.25) is 10.0 Å². The molecule has 1 aliphatic rings. The van der Waals surface area contributed by atoms with Crippen LogP contribution in [0, 0.1) is 0 Å². The second kappa shape index (κ2) is 12.3. The lowest BCUT2D eigenvalue weighted by molar-refractivity contribution is 0.0168. The minimum Gasteiger partial charge on any atom is -0.379 e. The number of pyridine rings is 1. The van der Waals surface area contributed by atoms with E-state index in [-0.39, 0.29) is 11.9 Å². The Morgan fingerprint density at radius 2 is 1.83 bits per heavy atom. The van der Waals surface area contributed by atoms with Crippen molar-refractivity contribution in [3.63, 3.8) is 0 Å². The van der Waals surface area contributed by atoms with Crippen LogP contribution in [-0.2, 0) is 11.3 Å². The summed E-state index contributed by atoms with van der Waals surface area (Å²) < 4.78 is 13.2. The van der Waals surface area contributed by atoms with Gasteiger partial charge in [-0.3, -0.25) is 19.4 Å². The highest BCUT2D eigenvalue weighted by Gasteiger charge is 2.25. The number of benzene rings is 1. The van der Waals surface area contributed by atoms with Crippen LogP contribution >= 0.6 is 35.0 Å². The predicted molar refractivity (Wildman–Crippen MR) is 141 cm³/mol. The Labute approximate surface area is 225 Å². The van der Waals surface area contributed by atoms with Crippen molar-refractivity contribution in [1.29, 1.82) is 0 Å². The molecule has 0 atom stereocenters. The van der Waals surface area contributed by atoms with Crippen LogP contribution in [0.4, 0.5) is 4.79 Å². The molecule has 1 saturated heterocycles. The van der Waals surface area contributed by atoms with Gasteiger partial charge in [0.05, 0.1) is 32.1 Å². The molecule has 0 radical (unpaired) electrons. The first-order valence-corrected chi connectivity index (χ1v) is 13.2. The number of hydrogen-bond donors (Lipinski definition) is 0. The number of imidazole rings is 1. The van der Waals surface area contributed by atoms with E-state index in [1.807, 2.05) is 28.8 Å². The lowest BCUT2D eigenvalue weighted by Crippen LogP contribution is -2.45. The maximum absolute atomic E-state index is 13.1. The summed E-state index contributed by atoms with van der Waals surface area (Å²) >= 11 is 14.0. The van der Waals surface area contributed by atoms with Crippen LogP contribution in [-0.4, -0.2) is 70.4 Å². The van der Waals surface area contributed by atoms with Crippen LogP contribution in [0.15, 0.2) is 52.6 Å². The van der Waals surface area contributed by atoms with E-state index in [4.69, 9.17) is 37.7 Å². The third-order valence-corrected chi connectivity index (χ3v) is 7.14. The number of hydrogen-bond acceptors (Lipinski definition) is 7. The number of halogens is 2. The second-order valence-electron chi connectivity index (χ2n) is 8.83. The molecule has 0 bridgehead atoms. The molecule has 3 heterocycles. The normalized spacial score (nSPS) is 14.3. The van der Waals surface area contributed by atoms with Crippen molar-refractivity contribution >= 4 is 41.1 Å². The molecule has 1 aromatic carbocycles. The fourth-order valence-corrected chi connectivity index (χ4v) is 5.65. The maximum Gasteiger partial charge on any atom is 0.418 e. The standard InChI is InChI=1S/C25H29Cl2N5O3S/c1-17(2)22-23(36-21-13-19(26)12-20(27)14-21)32(15-18-4-6-28-7-5-18)24(29-22)35-25(33)30(3)16-31-8-10-34-11-9-31/h4-7,12-14,17H,8-11,15-16H2,1-3H3. The fourth-order valence-electron chi connectivity index (χ4n) is 3.76. The summed E-state index contributed by atoms with van der Waals surface area (Å²) in [4.78, 5) is 26.5. The first kappa shape index (κ1) is 26.8. The summed E-state index contributed by atoms with van der Waals surface area (Å²) in [6.07, 6.45) is 3.00.